The number of pyridine rings is 2. The predicted molar refractivity (Wildman–Crippen MR) is 283 cm³/mol. The molecule has 0 unspecified atom stereocenters. The highest BCUT2D eigenvalue weighted by molar-refractivity contribution is 6.14. The van der Waals surface area contributed by atoms with Crippen molar-refractivity contribution < 1.29 is 0 Å². The van der Waals surface area contributed by atoms with E-state index in [0.717, 1.165) is 42.8 Å². The molecule has 11 aromatic rings. The van der Waals surface area contributed by atoms with E-state index in [1.54, 1.807) is 0 Å². The van der Waals surface area contributed by atoms with Crippen molar-refractivity contribution in [2.45, 2.75) is 39.5 Å². The number of rotatable bonds is 7. The first kappa shape index (κ1) is 40.0. The summed E-state index contributed by atoms with van der Waals surface area (Å²) in [6.07, 6.45) is 15.1. The van der Waals surface area contributed by atoms with Gasteiger partial charge in [0, 0.05) is 40.3 Å². The molecule has 0 N–H and O–H groups in total. The van der Waals surface area contributed by atoms with Crippen molar-refractivity contribution in [1.29, 1.82) is 0 Å². The standard InChI is InChI=1S/C64H48N4/c1-41-30-32-65-61(34-41)67-40-49(56-37-46(25-28-59(56)67)52-21-11-9-19-50(52)43-14-5-3-6-15-43)36-45-24-27-55-63-48(18-13-23-54(45)63)39-58-57-38-47(53-22-12-10-20-51(53)44-16-7-4-8-17-44)26-29-60(57)68(64(55)58)62-35-42(2)31-33-66-62/h3-12,14-17,19-23,25-26,28-40H,13,18,24,27H2,1-2H3/b45-36-. The van der Waals surface area contributed by atoms with Gasteiger partial charge in [0.05, 0.1) is 16.6 Å². The average molecular weight is 873 g/mol. The van der Waals surface area contributed by atoms with Crippen LogP contribution in [0.5, 0.6) is 0 Å². The van der Waals surface area contributed by atoms with Crippen molar-refractivity contribution in [3.05, 3.63) is 240 Å². The third-order valence-corrected chi connectivity index (χ3v) is 14.3. The molecule has 2 aliphatic rings. The van der Waals surface area contributed by atoms with Gasteiger partial charge in [-0.05, 0) is 184 Å². The van der Waals surface area contributed by atoms with Crippen LogP contribution in [0.3, 0.4) is 0 Å². The predicted octanol–water partition coefficient (Wildman–Crippen LogP) is 16.2. The molecule has 68 heavy (non-hydrogen) atoms. The summed E-state index contributed by atoms with van der Waals surface area (Å²) in [5, 5.41) is 3.79. The summed E-state index contributed by atoms with van der Waals surface area (Å²) in [4.78, 5) is 9.94. The maximum absolute atomic E-state index is 5.05. The van der Waals surface area contributed by atoms with Gasteiger partial charge < -0.3 is 4.57 Å². The zero-order valence-electron chi connectivity index (χ0n) is 38.2. The smallest absolute Gasteiger partial charge is 0.137 e. The number of aromatic nitrogens is 4. The molecule has 0 radical (unpaired) electrons. The van der Waals surface area contributed by atoms with Gasteiger partial charge in [0.2, 0.25) is 0 Å². The molecule has 0 bridgehead atoms. The van der Waals surface area contributed by atoms with Gasteiger partial charge >= 0.3 is 0 Å². The Bertz CT molecular complexity index is 3860. The number of aryl methyl sites for hydroxylation is 4. The van der Waals surface area contributed by atoms with E-state index in [-0.39, 0.29) is 0 Å². The van der Waals surface area contributed by atoms with Crippen LogP contribution >= 0.6 is 0 Å². The summed E-state index contributed by atoms with van der Waals surface area (Å²) in [7, 11) is 0. The maximum Gasteiger partial charge on any atom is 0.137 e. The van der Waals surface area contributed by atoms with Crippen LogP contribution in [0.4, 0.5) is 0 Å². The summed E-state index contributed by atoms with van der Waals surface area (Å²) in [5.74, 6) is 1.89. The molecule has 0 fully saturated rings. The Balaban J connectivity index is 0.994. The lowest BCUT2D eigenvalue weighted by molar-refractivity contribution is 0.897. The fraction of sp³-hybridized carbons (Fsp3) is 0.0938. The number of benzene rings is 7. The van der Waals surface area contributed by atoms with Crippen LogP contribution in [0.25, 0.3) is 101 Å². The molecular formula is C64H48N4. The molecule has 0 atom stereocenters. The van der Waals surface area contributed by atoms with Gasteiger partial charge in [0.15, 0.2) is 0 Å². The molecule has 7 aromatic carbocycles. The summed E-state index contributed by atoms with van der Waals surface area (Å²) in [5.41, 5.74) is 24.0. The number of nitrogens with zero attached hydrogens (tertiary/aromatic N) is 4. The van der Waals surface area contributed by atoms with E-state index >= 15 is 0 Å². The van der Waals surface area contributed by atoms with E-state index in [0.29, 0.717) is 0 Å². The molecule has 13 rings (SSSR count). The monoisotopic (exact) mass is 872 g/mol. The van der Waals surface area contributed by atoms with E-state index in [1.807, 2.05) is 12.4 Å². The van der Waals surface area contributed by atoms with Crippen molar-refractivity contribution >= 4 is 44.4 Å². The van der Waals surface area contributed by atoms with Gasteiger partial charge in [-0.2, -0.15) is 0 Å². The van der Waals surface area contributed by atoms with Crippen LogP contribution in [0.2, 0.25) is 0 Å². The zero-order chi connectivity index (χ0) is 45.3. The summed E-state index contributed by atoms with van der Waals surface area (Å²) < 4.78 is 4.74. The first-order valence-corrected chi connectivity index (χ1v) is 23.9. The first-order chi connectivity index (χ1) is 33.5. The Labute approximate surface area is 396 Å². The first-order valence-electron chi connectivity index (χ1n) is 23.9. The van der Waals surface area contributed by atoms with Gasteiger partial charge in [0.1, 0.15) is 11.6 Å². The highest BCUT2D eigenvalue weighted by Crippen LogP contribution is 2.48. The molecular weight excluding hydrogens is 825 g/mol. The third-order valence-electron chi connectivity index (χ3n) is 14.3. The van der Waals surface area contributed by atoms with Crippen molar-refractivity contribution in [3.8, 4) is 56.1 Å². The largest absolute Gasteiger partial charge is 0.301 e. The molecule has 0 saturated heterocycles. The number of hydrogen-bond donors (Lipinski definition) is 0. The van der Waals surface area contributed by atoms with Gasteiger partial charge in [-0.3, -0.25) is 4.57 Å². The quantitative estimate of drug-likeness (QED) is 0.160. The summed E-state index contributed by atoms with van der Waals surface area (Å²) >= 11 is 0. The van der Waals surface area contributed by atoms with Gasteiger partial charge in [-0.15, -0.1) is 0 Å². The zero-order valence-corrected chi connectivity index (χ0v) is 38.2. The highest BCUT2D eigenvalue weighted by atomic mass is 15.1. The minimum Gasteiger partial charge on any atom is -0.301 e. The lowest BCUT2D eigenvalue weighted by Crippen LogP contribution is -2.13. The van der Waals surface area contributed by atoms with E-state index < -0.39 is 0 Å². The van der Waals surface area contributed by atoms with E-state index in [2.05, 4.69) is 217 Å². The van der Waals surface area contributed by atoms with Crippen molar-refractivity contribution in [2.24, 2.45) is 0 Å². The lowest BCUT2D eigenvalue weighted by atomic mass is 9.75. The van der Waals surface area contributed by atoms with Crippen molar-refractivity contribution in [3.63, 3.8) is 0 Å². The van der Waals surface area contributed by atoms with Crippen LogP contribution < -0.4 is 0 Å². The molecule has 324 valence electrons. The molecule has 4 heterocycles. The van der Waals surface area contributed by atoms with Crippen LogP contribution in [0.1, 0.15) is 46.2 Å². The van der Waals surface area contributed by atoms with E-state index in [1.165, 1.54) is 116 Å². The number of allylic oxidation sites excluding steroid dienone is 3. The number of fused-ring (bicyclic) bond motifs is 5. The summed E-state index contributed by atoms with van der Waals surface area (Å²) in [6.45, 7) is 4.30. The maximum atomic E-state index is 5.05. The van der Waals surface area contributed by atoms with Crippen molar-refractivity contribution in [2.75, 3.05) is 0 Å². The second-order valence-corrected chi connectivity index (χ2v) is 18.6. The van der Waals surface area contributed by atoms with E-state index in [4.69, 9.17) is 9.97 Å². The molecule has 0 amide bonds. The van der Waals surface area contributed by atoms with Crippen LogP contribution in [-0.4, -0.2) is 19.1 Å². The Hall–Kier alpha value is -8.34. The normalized spacial score (nSPS) is 13.9. The Kier molecular flexibility index (Phi) is 9.53. The topological polar surface area (TPSA) is 35.6 Å². The third kappa shape index (κ3) is 6.66. The van der Waals surface area contributed by atoms with Crippen LogP contribution in [-0.2, 0) is 12.8 Å². The molecule has 0 saturated carbocycles. The highest BCUT2D eigenvalue weighted by Gasteiger charge is 2.30. The fourth-order valence-electron chi connectivity index (χ4n) is 11.2. The Morgan fingerprint density at radius 1 is 0.485 bits per heavy atom. The van der Waals surface area contributed by atoms with Crippen molar-refractivity contribution in [1.82, 2.24) is 19.1 Å². The second-order valence-electron chi connectivity index (χ2n) is 18.6. The van der Waals surface area contributed by atoms with Crippen LogP contribution in [0, 0.1) is 13.8 Å². The molecule has 4 heteroatoms. The van der Waals surface area contributed by atoms with Gasteiger partial charge in [0.25, 0.3) is 0 Å². The number of hydrogen-bond acceptors (Lipinski definition) is 2. The van der Waals surface area contributed by atoms with E-state index in [9.17, 15) is 0 Å². The Morgan fingerprint density at radius 3 is 1.71 bits per heavy atom. The minimum absolute atomic E-state index is 0.928. The van der Waals surface area contributed by atoms with Crippen LogP contribution in [0.15, 0.2) is 206 Å². The Morgan fingerprint density at radius 2 is 1.06 bits per heavy atom. The molecule has 4 nitrogen and oxygen atoms in total. The summed E-state index contributed by atoms with van der Waals surface area (Å²) in [6, 6.07) is 64.2. The fourth-order valence-corrected chi connectivity index (χ4v) is 11.2. The molecule has 2 aliphatic carbocycles. The lowest BCUT2D eigenvalue weighted by Gasteiger charge is -2.29. The average Bonchev–Trinajstić information content (AvgIpc) is 3.92. The minimum atomic E-state index is 0.928. The molecule has 0 aliphatic heterocycles. The van der Waals surface area contributed by atoms with Gasteiger partial charge in [-0.1, -0.05) is 127 Å². The molecule has 0 spiro atoms. The van der Waals surface area contributed by atoms with Gasteiger partial charge in [-0.25, -0.2) is 9.97 Å². The SMILES string of the molecule is Cc1ccnc(-n2cc(/C=C3/CCc4c5c(cc6c7cc(-c8ccccc8-c8ccccc8)ccc7n(-c7cc(C)ccn7)c46)CCC=C35)c3cc(-c4ccccc4-c4ccccc4)ccc32)c1. The molecule has 4 aromatic heterocycles. The second kappa shape index (κ2) is 16.2.